The summed E-state index contributed by atoms with van der Waals surface area (Å²) in [5, 5.41) is 0. The summed E-state index contributed by atoms with van der Waals surface area (Å²) in [6.45, 7) is 1.14. The molecule has 6 bridgehead atoms. The molecule has 0 saturated carbocycles. The lowest BCUT2D eigenvalue weighted by Crippen LogP contribution is -2.54. The van der Waals surface area contributed by atoms with Gasteiger partial charge in [-0.2, -0.15) is 0 Å². The molecule has 2 aliphatic heterocycles. The van der Waals surface area contributed by atoms with E-state index >= 15 is 0 Å². The number of hydrogen-bond donors (Lipinski definition) is 0. The number of ether oxygens (including phenoxy) is 3. The van der Waals surface area contributed by atoms with Gasteiger partial charge in [0, 0.05) is 25.5 Å². The van der Waals surface area contributed by atoms with E-state index in [1.54, 1.807) is 14.2 Å². The van der Waals surface area contributed by atoms with Crippen molar-refractivity contribution in [1.82, 2.24) is 4.90 Å². The Hall–Kier alpha value is -1.26. The maximum atomic E-state index is 6.55. The van der Waals surface area contributed by atoms with Crippen molar-refractivity contribution in [3.8, 4) is 0 Å². The van der Waals surface area contributed by atoms with Gasteiger partial charge in [-0.15, -0.1) is 0 Å². The second kappa shape index (κ2) is 5.99. The fourth-order valence-corrected chi connectivity index (χ4v) is 4.89. The third-order valence-electron chi connectivity index (χ3n) is 6.15. The molecule has 0 amide bonds. The Labute approximate surface area is 138 Å². The maximum Gasteiger partial charge on any atom is 0.156 e. The quantitative estimate of drug-likeness (QED) is 0.733. The van der Waals surface area contributed by atoms with Crippen LogP contribution in [-0.4, -0.2) is 51.0 Å². The highest BCUT2D eigenvalue weighted by Gasteiger charge is 2.47. The lowest BCUT2D eigenvalue weighted by atomic mass is 9.70. The molecule has 2 fully saturated rings. The summed E-state index contributed by atoms with van der Waals surface area (Å²) < 4.78 is 17.8. The monoisotopic (exact) mass is 317 g/mol. The van der Waals surface area contributed by atoms with E-state index in [1.807, 2.05) is 0 Å². The van der Waals surface area contributed by atoms with E-state index in [0.717, 1.165) is 24.5 Å². The molecule has 0 aromatic carbocycles. The highest BCUT2D eigenvalue weighted by Crippen LogP contribution is 2.44. The SMILES string of the molecule is COC1=C2CC(C=C1)C[C@@H]1[C@@H]3C=C[C@H](OC)[C@H](O2)[C@H]3CCN1C. The van der Waals surface area contributed by atoms with Crippen LogP contribution < -0.4 is 0 Å². The van der Waals surface area contributed by atoms with Gasteiger partial charge in [0.1, 0.15) is 18.0 Å². The van der Waals surface area contributed by atoms with Crippen molar-refractivity contribution in [1.29, 1.82) is 0 Å². The second-order valence-electron chi connectivity index (χ2n) is 7.30. The summed E-state index contributed by atoms with van der Waals surface area (Å²) in [5.41, 5.74) is 0. The topological polar surface area (TPSA) is 30.9 Å². The molecule has 2 heterocycles. The van der Waals surface area contributed by atoms with Crippen LogP contribution in [0, 0.1) is 17.8 Å². The van der Waals surface area contributed by atoms with Crippen molar-refractivity contribution < 1.29 is 14.2 Å². The van der Waals surface area contributed by atoms with E-state index in [2.05, 4.69) is 36.3 Å². The van der Waals surface area contributed by atoms with E-state index < -0.39 is 0 Å². The number of fused-ring (bicyclic) bond motifs is 2. The molecule has 0 aromatic rings. The predicted molar refractivity (Wildman–Crippen MR) is 88.7 cm³/mol. The van der Waals surface area contributed by atoms with Crippen LogP contribution in [-0.2, 0) is 14.2 Å². The highest BCUT2D eigenvalue weighted by molar-refractivity contribution is 5.25. The van der Waals surface area contributed by atoms with E-state index in [-0.39, 0.29) is 12.2 Å². The lowest BCUT2D eigenvalue weighted by Gasteiger charge is -2.48. The fourth-order valence-electron chi connectivity index (χ4n) is 4.89. The van der Waals surface area contributed by atoms with Crippen LogP contribution in [0.1, 0.15) is 19.3 Å². The molecule has 2 aliphatic carbocycles. The number of allylic oxidation sites excluding steroid dienone is 3. The molecule has 2 saturated heterocycles. The molecule has 23 heavy (non-hydrogen) atoms. The van der Waals surface area contributed by atoms with Gasteiger partial charge in [-0.3, -0.25) is 0 Å². The molecule has 4 nitrogen and oxygen atoms in total. The zero-order valence-electron chi connectivity index (χ0n) is 14.3. The van der Waals surface area contributed by atoms with E-state index in [0.29, 0.717) is 23.8 Å². The van der Waals surface area contributed by atoms with Crippen molar-refractivity contribution in [2.45, 2.75) is 37.5 Å². The van der Waals surface area contributed by atoms with Gasteiger partial charge in [0.2, 0.25) is 0 Å². The second-order valence-corrected chi connectivity index (χ2v) is 7.30. The molecule has 126 valence electrons. The van der Waals surface area contributed by atoms with Crippen LogP contribution in [0.25, 0.3) is 0 Å². The molecular formula is C19H27NO3. The molecule has 4 heteroatoms. The van der Waals surface area contributed by atoms with Crippen molar-refractivity contribution in [3.63, 3.8) is 0 Å². The Morgan fingerprint density at radius 3 is 2.87 bits per heavy atom. The molecular weight excluding hydrogens is 290 g/mol. The largest absolute Gasteiger partial charge is 0.493 e. The average Bonchev–Trinajstić information content (AvgIpc) is 2.58. The molecule has 4 rings (SSSR count). The first kappa shape index (κ1) is 15.3. The van der Waals surface area contributed by atoms with Crippen molar-refractivity contribution >= 4 is 0 Å². The van der Waals surface area contributed by atoms with Crippen molar-refractivity contribution in [2.75, 3.05) is 27.8 Å². The molecule has 0 aromatic heterocycles. The summed E-state index contributed by atoms with van der Waals surface area (Å²) >= 11 is 0. The van der Waals surface area contributed by atoms with Gasteiger partial charge >= 0.3 is 0 Å². The Morgan fingerprint density at radius 1 is 1.22 bits per heavy atom. The molecule has 1 unspecified atom stereocenters. The minimum atomic E-state index is 0.0355. The minimum absolute atomic E-state index is 0.0355. The van der Waals surface area contributed by atoms with Crippen LogP contribution in [0.2, 0.25) is 0 Å². The maximum absolute atomic E-state index is 6.55. The summed E-state index contributed by atoms with van der Waals surface area (Å²) in [7, 11) is 5.79. The third-order valence-corrected chi connectivity index (χ3v) is 6.15. The number of hydrogen-bond acceptors (Lipinski definition) is 4. The Bertz CT molecular complexity index is 553. The average molecular weight is 317 g/mol. The Balaban J connectivity index is 1.77. The molecule has 0 N–H and O–H groups in total. The molecule has 6 atom stereocenters. The van der Waals surface area contributed by atoms with E-state index in [4.69, 9.17) is 14.2 Å². The highest BCUT2D eigenvalue weighted by atomic mass is 16.5. The first-order chi connectivity index (χ1) is 11.2. The zero-order valence-corrected chi connectivity index (χ0v) is 14.3. The van der Waals surface area contributed by atoms with Crippen LogP contribution >= 0.6 is 0 Å². The van der Waals surface area contributed by atoms with Crippen LogP contribution in [0.3, 0.4) is 0 Å². The number of piperidine rings is 1. The van der Waals surface area contributed by atoms with E-state index in [1.165, 1.54) is 12.8 Å². The molecule has 0 radical (unpaired) electrons. The van der Waals surface area contributed by atoms with Gasteiger partial charge in [-0.05, 0) is 44.3 Å². The summed E-state index contributed by atoms with van der Waals surface area (Å²) in [6, 6.07) is 0.590. The van der Waals surface area contributed by atoms with Gasteiger partial charge < -0.3 is 19.1 Å². The zero-order chi connectivity index (χ0) is 16.0. The summed E-state index contributed by atoms with van der Waals surface area (Å²) in [5.74, 6) is 3.51. The van der Waals surface area contributed by atoms with Gasteiger partial charge in [-0.25, -0.2) is 0 Å². The number of likely N-dealkylation sites (tertiary alicyclic amines) is 1. The van der Waals surface area contributed by atoms with Crippen LogP contribution in [0.5, 0.6) is 0 Å². The van der Waals surface area contributed by atoms with Crippen molar-refractivity contribution in [3.05, 3.63) is 35.8 Å². The predicted octanol–water partition coefficient (Wildman–Crippen LogP) is 2.73. The van der Waals surface area contributed by atoms with Crippen LogP contribution in [0.4, 0.5) is 0 Å². The summed E-state index contributed by atoms with van der Waals surface area (Å²) in [4.78, 5) is 2.55. The number of methoxy groups -OCH3 is 2. The Kier molecular flexibility index (Phi) is 3.98. The normalized spacial score (nSPS) is 42.6. The minimum Gasteiger partial charge on any atom is -0.493 e. The van der Waals surface area contributed by atoms with Crippen LogP contribution in [0.15, 0.2) is 35.8 Å². The third kappa shape index (κ3) is 2.52. The van der Waals surface area contributed by atoms with Crippen molar-refractivity contribution in [2.24, 2.45) is 17.8 Å². The lowest BCUT2D eigenvalue weighted by molar-refractivity contribution is -0.0792. The number of nitrogens with zero attached hydrogens (tertiary/aromatic N) is 1. The van der Waals surface area contributed by atoms with E-state index in [9.17, 15) is 0 Å². The standard InChI is InChI=1S/C19H27NO3/c1-20-9-8-14-13-5-7-17(22-3)19(14)23-18-11-12(10-15(13)20)4-6-16(18)21-2/h4-7,12-15,17,19H,8-11H2,1-3H3/t12?,13-,14+,15-,17+,19-/m1/s1. The van der Waals surface area contributed by atoms with Gasteiger partial charge in [-0.1, -0.05) is 18.2 Å². The fraction of sp³-hybridized carbons (Fsp3) is 0.684. The first-order valence-corrected chi connectivity index (χ1v) is 8.74. The molecule has 4 aliphatic rings. The molecule has 0 spiro atoms. The first-order valence-electron chi connectivity index (χ1n) is 8.74. The van der Waals surface area contributed by atoms with Gasteiger partial charge in [0.05, 0.1) is 7.11 Å². The summed E-state index contributed by atoms with van der Waals surface area (Å²) in [6.07, 6.45) is 12.4. The van der Waals surface area contributed by atoms with Gasteiger partial charge in [0.15, 0.2) is 5.76 Å². The van der Waals surface area contributed by atoms with Gasteiger partial charge in [0.25, 0.3) is 0 Å². The smallest absolute Gasteiger partial charge is 0.156 e. The number of rotatable bonds is 2. The Morgan fingerprint density at radius 2 is 2.09 bits per heavy atom.